The molecule has 0 spiro atoms. The summed E-state index contributed by atoms with van der Waals surface area (Å²) < 4.78 is 81.6. The largest absolute Gasteiger partial charge is 0.404 e. The average molecular weight is 565 g/mol. The van der Waals surface area contributed by atoms with E-state index in [-0.39, 0.29) is 24.2 Å². The maximum Gasteiger partial charge on any atom is 0.404 e. The van der Waals surface area contributed by atoms with E-state index >= 15 is 0 Å². The van der Waals surface area contributed by atoms with Crippen LogP contribution in [0.1, 0.15) is 48.6 Å². The fourth-order valence-electron chi connectivity index (χ4n) is 5.81. The van der Waals surface area contributed by atoms with Gasteiger partial charge < -0.3 is 5.11 Å². The molecule has 3 atom stereocenters. The van der Waals surface area contributed by atoms with Crippen molar-refractivity contribution < 1.29 is 31.1 Å². The summed E-state index contributed by atoms with van der Waals surface area (Å²) in [5.74, 6) is -2.77. The Morgan fingerprint density at radius 3 is 2.51 bits per heavy atom. The fraction of sp³-hybridized carbons (Fsp3) is 0.407. The van der Waals surface area contributed by atoms with Crippen LogP contribution in [0, 0.1) is 11.7 Å². The summed E-state index contributed by atoms with van der Waals surface area (Å²) in [4.78, 5) is 3.86. The molecule has 7 nitrogen and oxygen atoms in total. The molecule has 0 bridgehead atoms. The topological polar surface area (TPSA) is 88.3 Å². The van der Waals surface area contributed by atoms with Crippen LogP contribution in [-0.2, 0) is 16.4 Å². The van der Waals surface area contributed by atoms with Crippen LogP contribution in [-0.4, -0.2) is 57.6 Å². The first-order valence-electron chi connectivity index (χ1n) is 12.6. The maximum absolute atomic E-state index is 13.4. The molecule has 2 aliphatic carbocycles. The van der Waals surface area contributed by atoms with E-state index in [2.05, 4.69) is 10.1 Å². The van der Waals surface area contributed by atoms with Gasteiger partial charge in [-0.1, -0.05) is 18.1 Å². The zero-order chi connectivity index (χ0) is 27.9. The van der Waals surface area contributed by atoms with Crippen LogP contribution >= 0.6 is 0 Å². The number of fused-ring (bicyclic) bond motifs is 1. The number of nitrogens with zero attached hydrogens (tertiary/aromatic N) is 4. The zero-order valence-electron chi connectivity index (χ0n) is 21.1. The highest BCUT2D eigenvalue weighted by Crippen LogP contribution is 2.47. The summed E-state index contributed by atoms with van der Waals surface area (Å²) in [5, 5.41) is 15.2. The first-order valence-corrected chi connectivity index (χ1v) is 14.2. The first-order chi connectivity index (χ1) is 18.4. The van der Waals surface area contributed by atoms with Gasteiger partial charge in [0.2, 0.25) is 10.0 Å². The zero-order valence-corrected chi connectivity index (χ0v) is 22.0. The molecule has 208 valence electrons. The Morgan fingerprint density at radius 2 is 1.85 bits per heavy atom. The minimum Gasteiger partial charge on any atom is -0.387 e. The van der Waals surface area contributed by atoms with E-state index in [0.717, 1.165) is 32.4 Å². The molecule has 0 saturated carbocycles. The van der Waals surface area contributed by atoms with Crippen molar-refractivity contribution >= 4 is 10.0 Å². The molecule has 0 fully saturated rings. The van der Waals surface area contributed by atoms with Gasteiger partial charge in [-0.3, -0.25) is 4.98 Å². The van der Waals surface area contributed by atoms with Gasteiger partial charge in [0.25, 0.3) is 0 Å². The van der Waals surface area contributed by atoms with Gasteiger partial charge in [0.1, 0.15) is 5.82 Å². The van der Waals surface area contributed by atoms with E-state index in [4.69, 9.17) is 0 Å². The van der Waals surface area contributed by atoms with Crippen LogP contribution in [0.15, 0.2) is 66.1 Å². The second kappa shape index (κ2) is 10.5. The minimum atomic E-state index is -4.92. The number of benzene rings is 1. The van der Waals surface area contributed by atoms with Crippen LogP contribution in [0.3, 0.4) is 0 Å². The third-order valence-electron chi connectivity index (χ3n) is 7.56. The van der Waals surface area contributed by atoms with Crippen molar-refractivity contribution in [1.29, 1.82) is 0 Å². The predicted molar refractivity (Wildman–Crippen MR) is 136 cm³/mol. The molecule has 0 amide bonds. The molecule has 39 heavy (non-hydrogen) atoms. The van der Waals surface area contributed by atoms with Crippen LogP contribution in [0.4, 0.5) is 17.6 Å². The number of aliphatic hydroxyl groups is 1. The molecule has 2 aromatic heterocycles. The Bertz CT molecular complexity index is 1470. The Balaban J connectivity index is 1.42. The third-order valence-corrected chi connectivity index (χ3v) is 9.34. The molecular weight excluding hydrogens is 536 g/mol. The first kappa shape index (κ1) is 27.5. The number of alkyl halides is 3. The molecule has 0 aliphatic heterocycles. The Kier molecular flexibility index (Phi) is 7.38. The van der Waals surface area contributed by atoms with Crippen molar-refractivity contribution in [2.24, 2.45) is 5.92 Å². The number of halogens is 4. The summed E-state index contributed by atoms with van der Waals surface area (Å²) in [7, 11) is -4.76. The molecule has 2 heterocycles. The molecule has 1 N–H and O–H groups in total. The number of rotatable bonds is 8. The number of sulfonamides is 1. The number of hydrogen-bond acceptors (Lipinski definition) is 5. The second-order valence-electron chi connectivity index (χ2n) is 10.1. The summed E-state index contributed by atoms with van der Waals surface area (Å²) in [6, 6.07) is 9.01. The lowest BCUT2D eigenvalue weighted by atomic mass is 9.80. The molecule has 1 aromatic carbocycles. The standard InChI is InChI=1S/C27H28F4N4O3S/c1-17-23-13-33-35(22-6-4-21(28)5-7-22)24(23)12-19-2-3-20(26(17)19)14-34(39(37,38)16-27(29,30)31)15-25(36)18-8-10-32-11-9-18/h4-11,13,17,20,25,36H,2-3,12,14-16H2,1H3/t17-,20+,25?/m0/s1. The van der Waals surface area contributed by atoms with Crippen molar-refractivity contribution in [3.63, 3.8) is 0 Å². The molecule has 12 heteroatoms. The number of allylic oxidation sites excluding steroid dienone is 1. The predicted octanol–water partition coefficient (Wildman–Crippen LogP) is 4.70. The summed E-state index contributed by atoms with van der Waals surface area (Å²) in [5.41, 5.74) is 5.14. The van der Waals surface area contributed by atoms with Gasteiger partial charge >= 0.3 is 6.18 Å². The second-order valence-corrected chi connectivity index (χ2v) is 12.1. The SMILES string of the molecule is C[C@@H]1C2=C(CC[C@@H]2CN(CC(O)c2ccncc2)S(=O)(=O)CC(F)(F)F)Cc2c1cnn2-c1ccc(F)cc1. The number of aliphatic hydroxyl groups excluding tert-OH is 1. The highest BCUT2D eigenvalue weighted by Gasteiger charge is 2.42. The molecule has 5 rings (SSSR count). The van der Waals surface area contributed by atoms with Crippen molar-refractivity contribution in [3.8, 4) is 5.69 Å². The van der Waals surface area contributed by atoms with Crippen LogP contribution in [0.25, 0.3) is 5.69 Å². The molecule has 0 radical (unpaired) electrons. The summed E-state index contributed by atoms with van der Waals surface area (Å²) in [6.07, 6.45) is 0.205. The number of aromatic nitrogens is 3. The lowest BCUT2D eigenvalue weighted by molar-refractivity contribution is -0.107. The molecule has 2 aliphatic rings. The molecular formula is C27H28F4N4O3S. The Hall–Kier alpha value is -3.09. The van der Waals surface area contributed by atoms with E-state index in [1.165, 1.54) is 36.7 Å². The lowest BCUT2D eigenvalue weighted by Gasteiger charge is -2.32. The number of hydrogen-bond donors (Lipinski definition) is 1. The van der Waals surface area contributed by atoms with E-state index in [1.54, 1.807) is 23.0 Å². The van der Waals surface area contributed by atoms with E-state index in [1.807, 2.05) is 6.92 Å². The fourth-order valence-corrected chi connectivity index (χ4v) is 7.18. The normalized spacial score (nSPS) is 20.3. The average Bonchev–Trinajstić information content (AvgIpc) is 3.48. The van der Waals surface area contributed by atoms with Crippen molar-refractivity contribution in [2.45, 2.75) is 44.4 Å². The monoisotopic (exact) mass is 564 g/mol. The van der Waals surface area contributed by atoms with Gasteiger partial charge in [0.15, 0.2) is 5.75 Å². The highest BCUT2D eigenvalue weighted by molar-refractivity contribution is 7.89. The summed E-state index contributed by atoms with van der Waals surface area (Å²) in [6.45, 7) is 1.33. The minimum absolute atomic E-state index is 0.122. The van der Waals surface area contributed by atoms with Gasteiger partial charge in [0.05, 0.1) is 23.7 Å². The summed E-state index contributed by atoms with van der Waals surface area (Å²) >= 11 is 0. The van der Waals surface area contributed by atoms with Gasteiger partial charge in [-0.15, -0.1) is 0 Å². The van der Waals surface area contributed by atoms with Gasteiger partial charge in [-0.05, 0) is 60.7 Å². The highest BCUT2D eigenvalue weighted by atomic mass is 32.2. The van der Waals surface area contributed by atoms with Gasteiger partial charge in [-0.2, -0.15) is 22.6 Å². The third kappa shape index (κ3) is 5.78. The van der Waals surface area contributed by atoms with Crippen molar-refractivity contribution in [1.82, 2.24) is 19.1 Å². The number of pyridine rings is 1. The van der Waals surface area contributed by atoms with Gasteiger partial charge in [-0.25, -0.2) is 17.5 Å². The van der Waals surface area contributed by atoms with Crippen LogP contribution in [0.2, 0.25) is 0 Å². The lowest BCUT2D eigenvalue weighted by Crippen LogP contribution is -2.43. The molecule has 3 aromatic rings. The smallest absolute Gasteiger partial charge is 0.387 e. The van der Waals surface area contributed by atoms with Crippen molar-refractivity contribution in [2.75, 3.05) is 18.8 Å². The van der Waals surface area contributed by atoms with Crippen LogP contribution in [0.5, 0.6) is 0 Å². The maximum atomic E-state index is 13.4. The Morgan fingerprint density at radius 1 is 1.15 bits per heavy atom. The molecule has 1 unspecified atom stereocenters. The quantitative estimate of drug-likeness (QED) is 0.317. The van der Waals surface area contributed by atoms with Crippen LogP contribution < -0.4 is 0 Å². The van der Waals surface area contributed by atoms with E-state index in [0.29, 0.717) is 24.8 Å². The Labute approximate surface area is 223 Å². The van der Waals surface area contributed by atoms with Gasteiger partial charge in [0, 0.05) is 43.4 Å². The molecule has 0 saturated heterocycles. The van der Waals surface area contributed by atoms with E-state index < -0.39 is 34.6 Å². The van der Waals surface area contributed by atoms with Crippen molar-refractivity contribution in [3.05, 3.63) is 88.8 Å². The van der Waals surface area contributed by atoms with E-state index in [9.17, 15) is 31.1 Å².